The van der Waals surface area contributed by atoms with Crippen molar-refractivity contribution in [3.8, 4) is 52.7 Å². The molecule has 84 heavy (non-hydrogen) atoms. The van der Waals surface area contributed by atoms with E-state index in [4.69, 9.17) is 32.7 Å². The van der Waals surface area contributed by atoms with Gasteiger partial charge in [-0.05, 0) is 178 Å². The standard InChI is InChI=1S/C74H69N2O7P/c1-51(2)76(52(3)4)84(82-44-16-43-75)83-50-54(49-81-74(59-21-10-9-11-22-59,60-28-32-62(77-5)33-29-60)61-30-34-63(78-6)35-31-61)45-53-25-38-71-70(39-26-55-17-14-19-57-47-64(79-7)36-41-66(55)57)68-23-12-13-24-69(68)72(73(71)46-53)40-27-56-18-15-20-58-48-65(80-8)37-42-67(56)58/h9-15,17-25,28-38,41-42,46-48,51-52,54H,16,44-45,49-50H2,1-8H3. The molecule has 9 nitrogen and oxygen atoms in total. The SMILES string of the molecule is COc1ccc(C(OCC(COP(OCCC#N)N(C(C)C)C(C)C)Cc2ccc3c(C#Cc4cccc5cc(OC)ccc45)c4ccccc4c(C#Cc4cccc5cc(OC)ccc45)c3c2)(c2ccccc2)c2ccc(OC)cc2)cc1. The molecule has 10 aromatic rings. The van der Waals surface area contributed by atoms with Crippen molar-refractivity contribution in [2.24, 2.45) is 5.92 Å². The lowest BCUT2D eigenvalue weighted by molar-refractivity contribution is -0.0174. The van der Waals surface area contributed by atoms with Gasteiger partial charge >= 0.3 is 0 Å². The maximum Gasteiger partial charge on any atom is 0.259 e. The minimum absolute atomic E-state index is 0.108. The van der Waals surface area contributed by atoms with E-state index in [0.29, 0.717) is 6.42 Å². The van der Waals surface area contributed by atoms with Gasteiger partial charge in [-0.2, -0.15) is 5.26 Å². The van der Waals surface area contributed by atoms with Crippen LogP contribution in [0, 0.1) is 40.9 Å². The monoisotopic (exact) mass is 1130 g/mol. The third-order valence-electron chi connectivity index (χ3n) is 15.2. The van der Waals surface area contributed by atoms with E-state index >= 15 is 0 Å². The fourth-order valence-corrected chi connectivity index (χ4v) is 12.9. The van der Waals surface area contributed by atoms with Gasteiger partial charge in [-0.15, -0.1) is 0 Å². The van der Waals surface area contributed by atoms with Crippen LogP contribution in [0.4, 0.5) is 0 Å². The zero-order valence-corrected chi connectivity index (χ0v) is 49.8. The van der Waals surface area contributed by atoms with E-state index in [0.717, 1.165) is 111 Å². The number of ether oxygens (including phenoxy) is 5. The van der Waals surface area contributed by atoms with Gasteiger partial charge in [0.1, 0.15) is 28.6 Å². The number of methoxy groups -OCH3 is 4. The zero-order chi connectivity index (χ0) is 58.6. The number of nitrogens with zero attached hydrogens (tertiary/aromatic N) is 2. The number of benzene rings is 10. The fraction of sp³-hybridized carbons (Fsp3) is 0.230. The third kappa shape index (κ3) is 12.8. The Labute approximate surface area is 495 Å². The minimum Gasteiger partial charge on any atom is -0.497 e. The summed E-state index contributed by atoms with van der Waals surface area (Å²) in [5.41, 5.74) is 6.44. The molecular weight excluding hydrogens is 1060 g/mol. The predicted molar refractivity (Wildman–Crippen MR) is 341 cm³/mol. The van der Waals surface area contributed by atoms with Crippen molar-refractivity contribution in [2.75, 3.05) is 48.3 Å². The summed E-state index contributed by atoms with van der Waals surface area (Å²) in [5.74, 6) is 17.5. The largest absolute Gasteiger partial charge is 0.497 e. The van der Waals surface area contributed by atoms with Gasteiger partial charge in [0.15, 0.2) is 0 Å². The number of nitriles is 1. The molecule has 0 aliphatic rings. The highest BCUT2D eigenvalue weighted by Crippen LogP contribution is 2.48. The van der Waals surface area contributed by atoms with Crippen LogP contribution < -0.4 is 18.9 Å². The maximum absolute atomic E-state index is 9.63. The second-order valence-corrected chi connectivity index (χ2v) is 22.6. The molecule has 0 amide bonds. The number of hydrogen-bond donors (Lipinski definition) is 0. The van der Waals surface area contributed by atoms with E-state index in [-0.39, 0.29) is 44.2 Å². The second kappa shape index (κ2) is 27.1. The van der Waals surface area contributed by atoms with Crippen molar-refractivity contribution >= 4 is 51.6 Å². The van der Waals surface area contributed by atoms with E-state index in [2.05, 4.69) is 177 Å². The third-order valence-corrected chi connectivity index (χ3v) is 17.3. The molecular formula is C74H69N2O7P. The molecule has 0 bridgehead atoms. The van der Waals surface area contributed by atoms with Crippen LogP contribution in [0.15, 0.2) is 194 Å². The summed E-state index contributed by atoms with van der Waals surface area (Å²) in [6.45, 7) is 9.41. The Kier molecular flexibility index (Phi) is 18.9. The van der Waals surface area contributed by atoms with Gasteiger partial charge in [0.2, 0.25) is 0 Å². The fourth-order valence-electron chi connectivity index (χ4n) is 11.2. The van der Waals surface area contributed by atoms with E-state index in [1.807, 2.05) is 78.9 Å². The summed E-state index contributed by atoms with van der Waals surface area (Å²) >= 11 is 0. The smallest absolute Gasteiger partial charge is 0.259 e. The lowest BCUT2D eigenvalue weighted by Gasteiger charge is -2.38. The molecule has 10 heteroatoms. The lowest BCUT2D eigenvalue weighted by atomic mass is 9.79. The summed E-state index contributed by atoms with van der Waals surface area (Å²) in [7, 11) is 5.13. The van der Waals surface area contributed by atoms with Crippen LogP contribution in [0.25, 0.3) is 43.1 Å². The summed E-state index contributed by atoms with van der Waals surface area (Å²) in [4.78, 5) is 0. The van der Waals surface area contributed by atoms with Crippen LogP contribution in [0.1, 0.15) is 78.6 Å². The van der Waals surface area contributed by atoms with E-state index in [9.17, 15) is 5.26 Å². The quantitative estimate of drug-likeness (QED) is 0.0229. The normalized spacial score (nSPS) is 12.2. The first-order valence-electron chi connectivity index (χ1n) is 28.4. The Morgan fingerprint density at radius 2 is 0.929 bits per heavy atom. The Balaban J connectivity index is 1.15. The highest BCUT2D eigenvalue weighted by Gasteiger charge is 2.39. The maximum atomic E-state index is 9.63. The van der Waals surface area contributed by atoms with Crippen LogP contribution in [-0.2, 0) is 25.8 Å². The average Bonchev–Trinajstić information content (AvgIpc) is 2.89. The van der Waals surface area contributed by atoms with Gasteiger partial charge in [-0.25, -0.2) is 4.67 Å². The number of rotatable bonds is 21. The topological polar surface area (TPSA) is 91.6 Å². The molecule has 0 N–H and O–H groups in total. The van der Waals surface area contributed by atoms with Crippen LogP contribution in [-0.4, -0.2) is 65.0 Å². The van der Waals surface area contributed by atoms with Gasteiger partial charge in [0.25, 0.3) is 8.53 Å². The lowest BCUT2D eigenvalue weighted by Crippen LogP contribution is -2.36. The highest BCUT2D eigenvalue weighted by atomic mass is 31.2. The van der Waals surface area contributed by atoms with Gasteiger partial charge in [0.05, 0.1) is 60.7 Å². The number of hydrogen-bond acceptors (Lipinski definition) is 9. The van der Waals surface area contributed by atoms with Crippen molar-refractivity contribution in [2.45, 2.75) is 58.2 Å². The molecule has 2 atom stereocenters. The van der Waals surface area contributed by atoms with Gasteiger partial charge < -0.3 is 32.7 Å². The molecule has 0 radical (unpaired) electrons. The van der Waals surface area contributed by atoms with Crippen LogP contribution in [0.2, 0.25) is 0 Å². The highest BCUT2D eigenvalue weighted by molar-refractivity contribution is 7.44. The molecule has 0 saturated heterocycles. The van der Waals surface area contributed by atoms with Crippen molar-refractivity contribution in [1.29, 1.82) is 5.26 Å². The van der Waals surface area contributed by atoms with Crippen LogP contribution >= 0.6 is 8.53 Å². The van der Waals surface area contributed by atoms with Crippen LogP contribution in [0.5, 0.6) is 23.0 Å². The average molecular weight is 1130 g/mol. The Bertz CT molecular complexity index is 4040. The Hall–Kier alpha value is -8.68. The Morgan fingerprint density at radius 3 is 1.44 bits per heavy atom. The summed E-state index contributed by atoms with van der Waals surface area (Å²) in [5, 5.41) is 17.8. The molecule has 0 fully saturated rings. The first-order valence-corrected chi connectivity index (χ1v) is 29.5. The van der Waals surface area contributed by atoms with E-state index < -0.39 is 14.1 Å². The van der Waals surface area contributed by atoms with Crippen molar-refractivity contribution in [3.05, 3.63) is 239 Å². The molecule has 0 aliphatic heterocycles. The molecule has 2 unspecified atom stereocenters. The molecule has 0 spiro atoms. The van der Waals surface area contributed by atoms with Gasteiger partial charge in [-0.1, -0.05) is 139 Å². The Morgan fingerprint density at radius 1 is 0.452 bits per heavy atom. The predicted octanol–water partition coefficient (Wildman–Crippen LogP) is 16.6. The van der Waals surface area contributed by atoms with Gasteiger partial charge in [-0.3, -0.25) is 0 Å². The molecule has 10 aromatic carbocycles. The summed E-state index contributed by atoms with van der Waals surface area (Å²) < 4.78 is 46.1. The summed E-state index contributed by atoms with van der Waals surface area (Å²) in [6, 6.07) is 68.9. The summed E-state index contributed by atoms with van der Waals surface area (Å²) in [6.07, 6.45) is 0.806. The first-order chi connectivity index (χ1) is 41.0. The molecule has 0 heterocycles. The second-order valence-electron chi connectivity index (χ2n) is 21.2. The number of fused-ring (bicyclic) bond motifs is 4. The molecule has 10 rings (SSSR count). The minimum atomic E-state index is -1.59. The van der Waals surface area contributed by atoms with Crippen molar-refractivity contribution < 1.29 is 32.7 Å². The zero-order valence-electron chi connectivity index (χ0n) is 48.9. The van der Waals surface area contributed by atoms with Crippen molar-refractivity contribution in [3.63, 3.8) is 0 Å². The molecule has 422 valence electrons. The van der Waals surface area contributed by atoms with Crippen molar-refractivity contribution in [1.82, 2.24) is 4.67 Å². The molecule has 0 saturated carbocycles. The van der Waals surface area contributed by atoms with E-state index in [1.54, 1.807) is 28.4 Å². The first kappa shape index (κ1) is 58.5. The van der Waals surface area contributed by atoms with Crippen LogP contribution in [0.3, 0.4) is 0 Å². The van der Waals surface area contributed by atoms with E-state index in [1.165, 1.54) is 0 Å². The molecule has 0 aliphatic carbocycles. The molecule has 0 aromatic heterocycles. The van der Waals surface area contributed by atoms with Gasteiger partial charge in [0, 0.05) is 40.3 Å².